The summed E-state index contributed by atoms with van der Waals surface area (Å²) < 4.78 is 2.07. The molecule has 0 aliphatic carbocycles. The van der Waals surface area contributed by atoms with E-state index in [1.165, 1.54) is 23.7 Å². The van der Waals surface area contributed by atoms with Crippen molar-refractivity contribution in [3.05, 3.63) is 30.0 Å². The van der Waals surface area contributed by atoms with Crippen molar-refractivity contribution in [3.63, 3.8) is 0 Å². The number of hydrogen-bond acceptors (Lipinski definition) is 3. The Labute approximate surface area is 130 Å². The summed E-state index contributed by atoms with van der Waals surface area (Å²) in [7, 11) is 0. The highest BCUT2D eigenvalue weighted by Crippen LogP contribution is 2.24. The van der Waals surface area contributed by atoms with E-state index >= 15 is 0 Å². The summed E-state index contributed by atoms with van der Waals surface area (Å²) in [5.74, 6) is 0. The van der Waals surface area contributed by atoms with Crippen LogP contribution in [-0.4, -0.2) is 32.3 Å². The molecule has 1 saturated heterocycles. The Bertz CT molecular complexity index is 649. The average molecular weight is 302 g/mol. The van der Waals surface area contributed by atoms with Crippen molar-refractivity contribution in [2.45, 2.75) is 45.3 Å². The van der Waals surface area contributed by atoms with Gasteiger partial charge in [0.15, 0.2) is 0 Å². The number of likely N-dealkylation sites (tertiary alicyclic amines) is 1. The van der Waals surface area contributed by atoms with Crippen molar-refractivity contribution in [2.24, 2.45) is 5.73 Å². The van der Waals surface area contributed by atoms with Crippen molar-refractivity contribution < 1.29 is 0 Å². The molecular formula is C16H22N4S. The Hall–Kier alpha value is -1.46. The van der Waals surface area contributed by atoms with Gasteiger partial charge in [-0.3, -0.25) is 9.58 Å². The zero-order valence-electron chi connectivity index (χ0n) is 12.5. The molecule has 3 rings (SSSR count). The third-order valence-electron chi connectivity index (χ3n) is 4.33. The molecule has 2 N–H and O–H groups in total. The lowest BCUT2D eigenvalue weighted by molar-refractivity contribution is 0.183. The fourth-order valence-electron chi connectivity index (χ4n) is 3.25. The van der Waals surface area contributed by atoms with E-state index in [9.17, 15) is 0 Å². The van der Waals surface area contributed by atoms with Gasteiger partial charge in [0.2, 0.25) is 0 Å². The molecule has 1 aliphatic heterocycles. The van der Waals surface area contributed by atoms with Crippen LogP contribution in [0.5, 0.6) is 0 Å². The van der Waals surface area contributed by atoms with Crippen molar-refractivity contribution in [1.82, 2.24) is 14.7 Å². The topological polar surface area (TPSA) is 47.1 Å². The zero-order chi connectivity index (χ0) is 14.8. The van der Waals surface area contributed by atoms with Gasteiger partial charge >= 0.3 is 0 Å². The lowest BCUT2D eigenvalue weighted by atomic mass is 10.0. The third kappa shape index (κ3) is 2.80. The molecule has 4 nitrogen and oxygen atoms in total. The van der Waals surface area contributed by atoms with Crippen molar-refractivity contribution >= 4 is 28.1 Å². The monoisotopic (exact) mass is 302 g/mol. The second-order valence-electron chi connectivity index (χ2n) is 5.66. The first-order valence-corrected chi connectivity index (χ1v) is 8.09. The number of fused-ring (bicyclic) bond motifs is 1. The van der Waals surface area contributed by atoms with Gasteiger partial charge in [0.25, 0.3) is 0 Å². The molecular weight excluding hydrogens is 280 g/mol. The quantitative estimate of drug-likeness (QED) is 0.882. The van der Waals surface area contributed by atoms with E-state index < -0.39 is 0 Å². The maximum Gasteiger partial charge on any atom is 0.0902 e. The predicted molar refractivity (Wildman–Crippen MR) is 90.2 cm³/mol. The van der Waals surface area contributed by atoms with Gasteiger partial charge in [-0.15, -0.1) is 0 Å². The molecule has 1 fully saturated rings. The fourth-order valence-corrected chi connectivity index (χ4v) is 3.52. The van der Waals surface area contributed by atoms with Gasteiger partial charge in [-0.2, -0.15) is 5.10 Å². The molecule has 0 amide bonds. The summed E-state index contributed by atoms with van der Waals surface area (Å²) in [6.07, 6.45) is 3.50. The number of rotatable bonds is 4. The summed E-state index contributed by atoms with van der Waals surface area (Å²) in [5.41, 5.74) is 8.26. The van der Waals surface area contributed by atoms with E-state index in [1.807, 2.05) is 0 Å². The molecule has 21 heavy (non-hydrogen) atoms. The molecule has 1 aliphatic rings. The molecule has 2 heterocycles. The minimum Gasteiger partial charge on any atom is -0.392 e. The SMILES string of the molecule is CCn1nc(CN2CCCCC2C(N)=S)c2ccccc21. The Morgan fingerprint density at radius 1 is 1.38 bits per heavy atom. The zero-order valence-corrected chi connectivity index (χ0v) is 13.3. The Morgan fingerprint density at radius 3 is 2.95 bits per heavy atom. The second-order valence-corrected chi connectivity index (χ2v) is 6.14. The summed E-state index contributed by atoms with van der Waals surface area (Å²) in [6.45, 7) is 4.89. The van der Waals surface area contributed by atoms with E-state index in [4.69, 9.17) is 23.1 Å². The number of aryl methyl sites for hydroxylation is 1. The molecule has 0 saturated carbocycles. The first-order chi connectivity index (χ1) is 10.2. The Morgan fingerprint density at radius 2 is 2.19 bits per heavy atom. The first kappa shape index (κ1) is 14.5. The number of nitrogens with two attached hydrogens (primary N) is 1. The fraction of sp³-hybridized carbons (Fsp3) is 0.500. The van der Waals surface area contributed by atoms with Crippen LogP contribution in [0, 0.1) is 0 Å². The van der Waals surface area contributed by atoms with Gasteiger partial charge in [0, 0.05) is 18.5 Å². The molecule has 0 bridgehead atoms. The smallest absolute Gasteiger partial charge is 0.0902 e. The molecule has 1 aromatic heterocycles. The number of hydrogen-bond donors (Lipinski definition) is 1. The minimum absolute atomic E-state index is 0.222. The highest BCUT2D eigenvalue weighted by molar-refractivity contribution is 7.80. The number of nitrogens with zero attached hydrogens (tertiary/aromatic N) is 3. The van der Waals surface area contributed by atoms with E-state index in [1.54, 1.807) is 0 Å². The highest BCUT2D eigenvalue weighted by atomic mass is 32.1. The molecule has 0 radical (unpaired) electrons. The Kier molecular flexibility index (Phi) is 4.22. The summed E-state index contributed by atoms with van der Waals surface area (Å²) in [5, 5.41) is 6.03. The minimum atomic E-state index is 0.222. The van der Waals surface area contributed by atoms with E-state index in [0.29, 0.717) is 4.99 Å². The lowest BCUT2D eigenvalue weighted by Gasteiger charge is -2.34. The van der Waals surface area contributed by atoms with Gasteiger partial charge in [-0.1, -0.05) is 36.8 Å². The number of thiocarbonyl (C=S) groups is 1. The highest BCUT2D eigenvalue weighted by Gasteiger charge is 2.26. The number of benzene rings is 1. The number of para-hydroxylation sites is 1. The van der Waals surface area contributed by atoms with Gasteiger partial charge in [0.05, 0.1) is 22.2 Å². The van der Waals surface area contributed by atoms with Gasteiger partial charge in [-0.25, -0.2) is 0 Å². The van der Waals surface area contributed by atoms with Crippen molar-refractivity contribution in [2.75, 3.05) is 6.54 Å². The van der Waals surface area contributed by atoms with Crippen LogP contribution in [0.15, 0.2) is 24.3 Å². The van der Waals surface area contributed by atoms with Gasteiger partial charge in [0.1, 0.15) is 0 Å². The van der Waals surface area contributed by atoms with Crippen LogP contribution < -0.4 is 5.73 Å². The van der Waals surface area contributed by atoms with Crippen LogP contribution >= 0.6 is 12.2 Å². The molecule has 112 valence electrons. The van der Waals surface area contributed by atoms with Crippen LogP contribution in [0.2, 0.25) is 0 Å². The Balaban J connectivity index is 1.92. The van der Waals surface area contributed by atoms with E-state index in [-0.39, 0.29) is 6.04 Å². The second kappa shape index (κ2) is 6.12. The first-order valence-electron chi connectivity index (χ1n) is 7.68. The van der Waals surface area contributed by atoms with Crippen LogP contribution in [0.1, 0.15) is 31.9 Å². The van der Waals surface area contributed by atoms with Gasteiger partial charge < -0.3 is 5.73 Å². The predicted octanol–water partition coefficient (Wildman–Crippen LogP) is 2.70. The molecule has 0 spiro atoms. The van der Waals surface area contributed by atoms with Crippen LogP contribution in [-0.2, 0) is 13.1 Å². The summed E-state index contributed by atoms with van der Waals surface area (Å²) >= 11 is 5.24. The molecule has 1 atom stereocenters. The third-order valence-corrected chi connectivity index (χ3v) is 4.60. The summed E-state index contributed by atoms with van der Waals surface area (Å²) in [4.78, 5) is 3.01. The number of aromatic nitrogens is 2. The van der Waals surface area contributed by atoms with Crippen LogP contribution in [0.4, 0.5) is 0 Å². The largest absolute Gasteiger partial charge is 0.392 e. The van der Waals surface area contributed by atoms with Gasteiger partial charge in [-0.05, 0) is 32.4 Å². The summed E-state index contributed by atoms with van der Waals surface area (Å²) in [6, 6.07) is 8.66. The van der Waals surface area contributed by atoms with Crippen LogP contribution in [0.25, 0.3) is 10.9 Å². The van der Waals surface area contributed by atoms with Crippen LogP contribution in [0.3, 0.4) is 0 Å². The molecule has 5 heteroatoms. The van der Waals surface area contributed by atoms with E-state index in [0.717, 1.165) is 31.7 Å². The lowest BCUT2D eigenvalue weighted by Crippen LogP contribution is -2.46. The standard InChI is InChI=1S/C16H22N4S/c1-2-20-14-8-4-3-7-12(14)13(18-20)11-19-10-6-5-9-15(19)16(17)21/h3-4,7-8,15H,2,5-6,9-11H2,1H3,(H2,17,21). The van der Waals surface area contributed by atoms with Crippen molar-refractivity contribution in [1.29, 1.82) is 0 Å². The molecule has 2 aromatic rings. The van der Waals surface area contributed by atoms with E-state index in [2.05, 4.69) is 40.8 Å². The average Bonchev–Trinajstić information content (AvgIpc) is 2.86. The molecule has 1 unspecified atom stereocenters. The maximum atomic E-state index is 5.92. The normalized spacial score (nSPS) is 20.0. The maximum absolute atomic E-state index is 5.92. The molecule has 1 aromatic carbocycles. The number of piperidine rings is 1. The van der Waals surface area contributed by atoms with Crippen molar-refractivity contribution in [3.8, 4) is 0 Å².